The molecule has 0 saturated heterocycles. The van der Waals surface area contributed by atoms with Crippen molar-refractivity contribution in [3.05, 3.63) is 57.5 Å². The summed E-state index contributed by atoms with van der Waals surface area (Å²) in [6, 6.07) is 7.54. The van der Waals surface area contributed by atoms with Crippen molar-refractivity contribution in [2.75, 3.05) is 0 Å². The Hall–Kier alpha value is -2.00. The van der Waals surface area contributed by atoms with Crippen molar-refractivity contribution in [3.8, 4) is 22.8 Å². The van der Waals surface area contributed by atoms with Crippen LogP contribution in [0.25, 0.3) is 22.8 Å². The van der Waals surface area contributed by atoms with Crippen molar-refractivity contribution in [3.63, 3.8) is 0 Å². The first-order valence-corrected chi connectivity index (χ1v) is 9.24. The number of nitrogens with zero attached hydrogens (tertiary/aromatic N) is 6. The normalized spacial score (nSPS) is 10.2. The molecule has 0 spiro atoms. The van der Waals surface area contributed by atoms with Crippen LogP contribution in [0.1, 0.15) is 5.69 Å². The van der Waals surface area contributed by atoms with Crippen molar-refractivity contribution in [1.82, 2.24) is 28.7 Å². The van der Waals surface area contributed by atoms with Gasteiger partial charge in [0.25, 0.3) is 0 Å². The molecule has 0 fully saturated rings. The van der Waals surface area contributed by atoms with Crippen LogP contribution in [0, 0.1) is 6.92 Å². The molecule has 4 rings (SSSR count). The summed E-state index contributed by atoms with van der Waals surface area (Å²) >= 11 is 13.7. The molecule has 0 radical (unpaired) electrons. The summed E-state index contributed by atoms with van der Waals surface area (Å²) < 4.78 is 9.05. The zero-order valence-corrected chi connectivity index (χ0v) is 15.9. The van der Waals surface area contributed by atoms with E-state index in [0.717, 1.165) is 16.8 Å². The Labute approximate surface area is 161 Å². The van der Waals surface area contributed by atoms with E-state index in [4.69, 9.17) is 23.2 Å². The van der Waals surface area contributed by atoms with Gasteiger partial charge < -0.3 is 0 Å². The van der Waals surface area contributed by atoms with Gasteiger partial charge in [-0.2, -0.15) is 8.75 Å². The van der Waals surface area contributed by atoms with Gasteiger partial charge in [0.15, 0.2) is 11.6 Å². The maximum atomic E-state index is 5.67. The molecule has 0 saturated carbocycles. The molecule has 126 valence electrons. The molecule has 10 heteroatoms. The molecule has 0 amide bonds. The Balaban J connectivity index is 0.000000146. The van der Waals surface area contributed by atoms with Crippen molar-refractivity contribution < 1.29 is 0 Å². The number of aryl methyl sites for hydroxylation is 1. The maximum absolute atomic E-state index is 5.67. The van der Waals surface area contributed by atoms with E-state index in [0.29, 0.717) is 20.6 Å². The largest absolute Gasteiger partial charge is 0.265 e. The van der Waals surface area contributed by atoms with E-state index in [9.17, 15) is 0 Å². The number of hydrogen-bond acceptors (Lipinski definition) is 8. The first-order valence-electron chi connectivity index (χ1n) is 6.93. The summed E-state index contributed by atoms with van der Waals surface area (Å²) in [7, 11) is 0. The van der Waals surface area contributed by atoms with E-state index in [1.165, 1.54) is 23.1 Å². The minimum atomic E-state index is 0.454. The maximum Gasteiger partial charge on any atom is 0.203 e. The van der Waals surface area contributed by atoms with Gasteiger partial charge in [-0.25, -0.2) is 9.97 Å². The highest BCUT2D eigenvalue weighted by molar-refractivity contribution is 7.10. The van der Waals surface area contributed by atoms with Crippen LogP contribution in [-0.4, -0.2) is 28.7 Å². The monoisotopic (exact) mass is 408 g/mol. The first-order chi connectivity index (χ1) is 12.1. The van der Waals surface area contributed by atoms with Gasteiger partial charge in [0.2, 0.25) is 8.93 Å². The van der Waals surface area contributed by atoms with Crippen LogP contribution in [-0.2, 0) is 0 Å². The lowest BCUT2D eigenvalue weighted by Gasteiger charge is -1.94. The Bertz CT molecular complexity index is 940. The van der Waals surface area contributed by atoms with Gasteiger partial charge in [0, 0.05) is 35.4 Å². The molecule has 0 aromatic carbocycles. The number of rotatable bonds is 2. The van der Waals surface area contributed by atoms with E-state index in [2.05, 4.69) is 28.7 Å². The van der Waals surface area contributed by atoms with Crippen LogP contribution in [0.4, 0.5) is 0 Å². The Morgan fingerprint density at radius 1 is 0.800 bits per heavy atom. The molecule has 4 aromatic heterocycles. The molecule has 0 atom stereocenters. The summed E-state index contributed by atoms with van der Waals surface area (Å²) in [4.78, 5) is 16.1. The first kappa shape index (κ1) is 17.8. The van der Waals surface area contributed by atoms with E-state index in [-0.39, 0.29) is 0 Å². The summed E-state index contributed by atoms with van der Waals surface area (Å²) in [5.74, 6) is 1.30. The number of hydrogen-bond donors (Lipinski definition) is 0. The van der Waals surface area contributed by atoms with Gasteiger partial charge in [0.1, 0.15) is 0 Å². The molecule has 4 aromatic rings. The SMILES string of the molecule is Cc1ccc(-c2nsc(Cl)n2)cn1.Clc1nc(-c2ccncc2)ns1. The molecule has 0 N–H and O–H groups in total. The van der Waals surface area contributed by atoms with E-state index >= 15 is 0 Å². The van der Waals surface area contributed by atoms with Gasteiger partial charge in [-0.15, -0.1) is 0 Å². The molecule has 0 aliphatic carbocycles. The van der Waals surface area contributed by atoms with Crippen LogP contribution in [0.2, 0.25) is 8.93 Å². The second-order valence-corrected chi connectivity index (χ2v) is 7.33. The molecular formula is C15H10Cl2N6S2. The Kier molecular flexibility index (Phi) is 5.98. The fourth-order valence-electron chi connectivity index (χ4n) is 1.75. The Morgan fingerprint density at radius 2 is 1.40 bits per heavy atom. The van der Waals surface area contributed by atoms with Crippen LogP contribution >= 0.6 is 46.3 Å². The lowest BCUT2D eigenvalue weighted by atomic mass is 10.2. The average molecular weight is 409 g/mol. The molecule has 25 heavy (non-hydrogen) atoms. The van der Waals surface area contributed by atoms with Crippen LogP contribution in [0.3, 0.4) is 0 Å². The fourth-order valence-corrected chi connectivity index (χ4v) is 2.98. The van der Waals surface area contributed by atoms with Crippen LogP contribution < -0.4 is 0 Å². The molecule has 0 aliphatic rings. The fraction of sp³-hybridized carbons (Fsp3) is 0.0667. The zero-order valence-electron chi connectivity index (χ0n) is 12.8. The lowest BCUT2D eigenvalue weighted by molar-refractivity contribution is 1.19. The molecule has 0 aliphatic heterocycles. The van der Waals surface area contributed by atoms with Crippen molar-refractivity contribution >= 4 is 46.3 Å². The number of pyridine rings is 2. The highest BCUT2D eigenvalue weighted by atomic mass is 35.5. The predicted molar refractivity (Wildman–Crippen MR) is 101 cm³/mol. The minimum Gasteiger partial charge on any atom is -0.265 e. The van der Waals surface area contributed by atoms with Gasteiger partial charge in [-0.3, -0.25) is 9.97 Å². The minimum absolute atomic E-state index is 0.454. The van der Waals surface area contributed by atoms with Crippen LogP contribution in [0.15, 0.2) is 42.9 Å². The second-order valence-electron chi connectivity index (χ2n) is 4.67. The second kappa shape index (κ2) is 8.39. The molecule has 4 heterocycles. The molecule has 6 nitrogen and oxygen atoms in total. The average Bonchev–Trinajstić information content (AvgIpc) is 3.26. The van der Waals surface area contributed by atoms with Gasteiger partial charge in [-0.1, -0.05) is 0 Å². The quantitative estimate of drug-likeness (QED) is 0.473. The third-order valence-corrected chi connectivity index (χ3v) is 4.51. The standard InChI is InChI=1S/C8H6ClN3S.C7H4ClN3S/c1-5-2-3-6(4-10-5)7-11-8(9)13-12-7;8-7-10-6(11-12-7)5-1-3-9-4-2-5/h2-4H,1H3;1-4H. The highest BCUT2D eigenvalue weighted by Crippen LogP contribution is 2.20. The van der Waals surface area contributed by atoms with Crippen molar-refractivity contribution in [2.24, 2.45) is 0 Å². The van der Waals surface area contributed by atoms with Gasteiger partial charge in [-0.05, 0) is 77.5 Å². The summed E-state index contributed by atoms with van der Waals surface area (Å²) in [5, 5.41) is 0. The van der Waals surface area contributed by atoms with Crippen molar-refractivity contribution in [1.29, 1.82) is 0 Å². The lowest BCUT2D eigenvalue weighted by Crippen LogP contribution is -1.83. The molecule has 0 bridgehead atoms. The zero-order chi connectivity index (χ0) is 17.6. The summed E-state index contributed by atoms with van der Waals surface area (Å²) in [5.41, 5.74) is 2.81. The third kappa shape index (κ3) is 4.99. The van der Waals surface area contributed by atoms with Gasteiger partial charge in [0.05, 0.1) is 0 Å². The van der Waals surface area contributed by atoms with E-state index in [1.807, 2.05) is 31.2 Å². The topological polar surface area (TPSA) is 77.3 Å². The van der Waals surface area contributed by atoms with Crippen LogP contribution in [0.5, 0.6) is 0 Å². The number of aromatic nitrogens is 6. The third-order valence-electron chi connectivity index (χ3n) is 2.91. The molecular weight excluding hydrogens is 399 g/mol. The number of halogens is 2. The summed E-state index contributed by atoms with van der Waals surface area (Å²) in [6.07, 6.45) is 5.14. The van der Waals surface area contributed by atoms with E-state index in [1.54, 1.807) is 18.6 Å². The highest BCUT2D eigenvalue weighted by Gasteiger charge is 2.04. The Morgan fingerprint density at radius 3 is 1.88 bits per heavy atom. The predicted octanol–water partition coefficient (Wildman–Crippen LogP) is 4.82. The molecule has 0 unspecified atom stereocenters. The summed E-state index contributed by atoms with van der Waals surface area (Å²) in [6.45, 7) is 1.94. The smallest absolute Gasteiger partial charge is 0.203 e. The van der Waals surface area contributed by atoms with Gasteiger partial charge >= 0.3 is 0 Å². The van der Waals surface area contributed by atoms with Crippen molar-refractivity contribution in [2.45, 2.75) is 6.92 Å². The van der Waals surface area contributed by atoms with E-state index < -0.39 is 0 Å².